The standard InChI is InChI=1S/C14H19N.ClH/c1-10-4-2-3-5-14(10)11-6-12-8-15-9-13(12)7-11;/h2-5,11-13,15H,6-9H2,1H3;1H/t11?,12-,13+;. The Kier molecular flexibility index (Phi) is 3.56. The minimum absolute atomic E-state index is 0. The fourth-order valence-corrected chi connectivity index (χ4v) is 3.46. The molecule has 2 heteroatoms. The summed E-state index contributed by atoms with van der Waals surface area (Å²) in [6, 6.07) is 8.92. The molecule has 1 aliphatic carbocycles. The zero-order valence-corrected chi connectivity index (χ0v) is 10.6. The molecule has 16 heavy (non-hydrogen) atoms. The average Bonchev–Trinajstić information content (AvgIpc) is 2.77. The molecule has 1 nitrogen and oxygen atoms in total. The first-order chi connectivity index (χ1) is 7.34. The van der Waals surface area contributed by atoms with Crippen molar-refractivity contribution in [2.45, 2.75) is 25.7 Å². The molecule has 2 aliphatic rings. The Labute approximate surface area is 104 Å². The number of nitrogens with one attached hydrogen (secondary N) is 1. The Bertz CT molecular complexity index is 352. The first-order valence-corrected chi connectivity index (χ1v) is 6.11. The van der Waals surface area contributed by atoms with Gasteiger partial charge in [0.1, 0.15) is 0 Å². The molecule has 0 spiro atoms. The molecule has 1 aromatic rings. The largest absolute Gasteiger partial charge is 0.316 e. The number of aryl methyl sites for hydroxylation is 1. The van der Waals surface area contributed by atoms with Gasteiger partial charge < -0.3 is 5.32 Å². The molecule has 3 rings (SSSR count). The van der Waals surface area contributed by atoms with Crippen molar-refractivity contribution >= 4 is 12.4 Å². The van der Waals surface area contributed by atoms with Gasteiger partial charge in [-0.25, -0.2) is 0 Å². The maximum atomic E-state index is 3.51. The zero-order chi connectivity index (χ0) is 10.3. The van der Waals surface area contributed by atoms with Gasteiger partial charge in [-0.05, 0) is 61.7 Å². The van der Waals surface area contributed by atoms with Crippen molar-refractivity contribution < 1.29 is 0 Å². The molecule has 2 fully saturated rings. The van der Waals surface area contributed by atoms with Crippen molar-refractivity contribution in [1.82, 2.24) is 5.32 Å². The van der Waals surface area contributed by atoms with Crippen LogP contribution < -0.4 is 5.32 Å². The van der Waals surface area contributed by atoms with Crippen LogP contribution in [0.2, 0.25) is 0 Å². The molecule has 0 aromatic heterocycles. The second-order valence-electron chi connectivity index (χ2n) is 5.20. The molecule has 1 aromatic carbocycles. The second kappa shape index (κ2) is 4.77. The molecule has 1 heterocycles. The van der Waals surface area contributed by atoms with Crippen LogP contribution in [0.3, 0.4) is 0 Å². The normalized spacial score (nSPS) is 32.2. The Morgan fingerprint density at radius 3 is 2.31 bits per heavy atom. The quantitative estimate of drug-likeness (QED) is 0.792. The smallest absolute Gasteiger partial charge is 0.00171 e. The second-order valence-corrected chi connectivity index (χ2v) is 5.20. The Morgan fingerprint density at radius 1 is 1.06 bits per heavy atom. The number of rotatable bonds is 1. The fraction of sp³-hybridized carbons (Fsp3) is 0.571. The summed E-state index contributed by atoms with van der Waals surface area (Å²) in [6.07, 6.45) is 2.81. The predicted molar refractivity (Wildman–Crippen MR) is 70.3 cm³/mol. The van der Waals surface area contributed by atoms with Crippen molar-refractivity contribution in [2.75, 3.05) is 13.1 Å². The summed E-state index contributed by atoms with van der Waals surface area (Å²) in [5.41, 5.74) is 3.09. The highest BCUT2D eigenvalue weighted by molar-refractivity contribution is 5.85. The first kappa shape index (κ1) is 11.9. The van der Waals surface area contributed by atoms with Crippen LogP contribution in [0.25, 0.3) is 0 Å². The van der Waals surface area contributed by atoms with Crippen LogP contribution in [0.5, 0.6) is 0 Å². The summed E-state index contributed by atoms with van der Waals surface area (Å²) in [7, 11) is 0. The van der Waals surface area contributed by atoms with Crippen LogP contribution in [-0.4, -0.2) is 13.1 Å². The lowest BCUT2D eigenvalue weighted by atomic mass is 9.92. The first-order valence-electron chi connectivity index (χ1n) is 6.11. The van der Waals surface area contributed by atoms with Crippen LogP contribution in [0.15, 0.2) is 24.3 Å². The van der Waals surface area contributed by atoms with E-state index in [1.54, 1.807) is 5.56 Å². The van der Waals surface area contributed by atoms with E-state index >= 15 is 0 Å². The molecule has 0 amide bonds. The summed E-state index contributed by atoms with van der Waals surface area (Å²) < 4.78 is 0. The van der Waals surface area contributed by atoms with Crippen molar-refractivity contribution in [3.05, 3.63) is 35.4 Å². The highest BCUT2D eigenvalue weighted by Crippen LogP contribution is 2.44. The minimum atomic E-state index is 0. The molecule has 1 aliphatic heterocycles. The van der Waals surface area contributed by atoms with Gasteiger partial charge in [-0.2, -0.15) is 0 Å². The van der Waals surface area contributed by atoms with Crippen LogP contribution in [-0.2, 0) is 0 Å². The van der Waals surface area contributed by atoms with Gasteiger partial charge in [0.25, 0.3) is 0 Å². The van der Waals surface area contributed by atoms with Gasteiger partial charge in [-0.15, -0.1) is 12.4 Å². The molecular formula is C14H20ClN. The molecule has 88 valence electrons. The third-order valence-corrected chi connectivity index (χ3v) is 4.28. The topological polar surface area (TPSA) is 12.0 Å². The van der Waals surface area contributed by atoms with Crippen molar-refractivity contribution in [3.63, 3.8) is 0 Å². The van der Waals surface area contributed by atoms with Crippen LogP contribution in [0.4, 0.5) is 0 Å². The molecular weight excluding hydrogens is 218 g/mol. The predicted octanol–water partition coefficient (Wildman–Crippen LogP) is 3.13. The van der Waals surface area contributed by atoms with Gasteiger partial charge in [-0.3, -0.25) is 0 Å². The Hall–Kier alpha value is -0.530. The molecule has 1 unspecified atom stereocenters. The lowest BCUT2D eigenvalue weighted by Gasteiger charge is -2.14. The number of hydrogen-bond donors (Lipinski definition) is 1. The van der Waals surface area contributed by atoms with Crippen molar-refractivity contribution in [2.24, 2.45) is 11.8 Å². The van der Waals surface area contributed by atoms with E-state index < -0.39 is 0 Å². The van der Waals surface area contributed by atoms with Crippen LogP contribution >= 0.6 is 12.4 Å². The van der Waals surface area contributed by atoms with E-state index in [0.29, 0.717) is 0 Å². The SMILES string of the molecule is Cc1ccccc1C1C[C@H]2CNC[C@H]2C1.Cl. The van der Waals surface area contributed by atoms with Gasteiger partial charge in [0.05, 0.1) is 0 Å². The van der Waals surface area contributed by atoms with Gasteiger partial charge in [0.15, 0.2) is 0 Å². The highest BCUT2D eigenvalue weighted by atomic mass is 35.5. The summed E-state index contributed by atoms with van der Waals surface area (Å²) >= 11 is 0. The molecule has 1 N–H and O–H groups in total. The van der Waals surface area contributed by atoms with E-state index in [1.165, 1.54) is 31.5 Å². The van der Waals surface area contributed by atoms with E-state index in [9.17, 15) is 0 Å². The van der Waals surface area contributed by atoms with Gasteiger partial charge in [-0.1, -0.05) is 24.3 Å². The summed E-state index contributed by atoms with van der Waals surface area (Å²) in [5, 5.41) is 3.51. The molecule has 1 saturated carbocycles. The summed E-state index contributed by atoms with van der Waals surface area (Å²) in [6.45, 7) is 4.77. The summed E-state index contributed by atoms with van der Waals surface area (Å²) in [5.74, 6) is 2.74. The maximum Gasteiger partial charge on any atom is -0.00171 e. The number of fused-ring (bicyclic) bond motifs is 1. The van der Waals surface area contributed by atoms with E-state index in [4.69, 9.17) is 0 Å². The van der Waals surface area contributed by atoms with E-state index in [0.717, 1.165) is 17.8 Å². The van der Waals surface area contributed by atoms with Crippen molar-refractivity contribution in [3.8, 4) is 0 Å². The zero-order valence-electron chi connectivity index (χ0n) is 9.78. The van der Waals surface area contributed by atoms with Gasteiger partial charge in [0, 0.05) is 0 Å². The monoisotopic (exact) mass is 237 g/mol. The van der Waals surface area contributed by atoms with Crippen LogP contribution in [0.1, 0.15) is 29.9 Å². The van der Waals surface area contributed by atoms with E-state index in [2.05, 4.69) is 36.5 Å². The van der Waals surface area contributed by atoms with Gasteiger partial charge in [0.2, 0.25) is 0 Å². The molecule has 0 radical (unpaired) electrons. The number of hydrogen-bond acceptors (Lipinski definition) is 1. The highest BCUT2D eigenvalue weighted by Gasteiger charge is 2.37. The Morgan fingerprint density at radius 2 is 1.69 bits per heavy atom. The number of benzene rings is 1. The molecule has 3 atom stereocenters. The van der Waals surface area contributed by atoms with Crippen molar-refractivity contribution in [1.29, 1.82) is 0 Å². The minimum Gasteiger partial charge on any atom is -0.316 e. The average molecular weight is 238 g/mol. The Balaban J connectivity index is 0.000000963. The van der Waals surface area contributed by atoms with Crippen LogP contribution in [0, 0.1) is 18.8 Å². The fourth-order valence-electron chi connectivity index (χ4n) is 3.46. The van der Waals surface area contributed by atoms with E-state index in [-0.39, 0.29) is 12.4 Å². The molecule has 1 saturated heterocycles. The lowest BCUT2D eigenvalue weighted by molar-refractivity contribution is 0.494. The van der Waals surface area contributed by atoms with Gasteiger partial charge >= 0.3 is 0 Å². The molecule has 0 bridgehead atoms. The third-order valence-electron chi connectivity index (χ3n) is 4.28. The lowest BCUT2D eigenvalue weighted by Crippen LogP contribution is -2.11. The van der Waals surface area contributed by atoms with E-state index in [1.807, 2.05) is 0 Å². The summed E-state index contributed by atoms with van der Waals surface area (Å²) in [4.78, 5) is 0. The third kappa shape index (κ3) is 1.99. The maximum absolute atomic E-state index is 3.51. The number of halogens is 1.